The van der Waals surface area contributed by atoms with Crippen molar-refractivity contribution in [3.8, 4) is 23.0 Å². The van der Waals surface area contributed by atoms with Gasteiger partial charge in [0.1, 0.15) is 40.7 Å². The number of carbonyl (C=O) groups is 2. The number of benzene rings is 3. The van der Waals surface area contributed by atoms with Crippen molar-refractivity contribution in [2.45, 2.75) is 137 Å². The third kappa shape index (κ3) is 9.85. The van der Waals surface area contributed by atoms with Crippen LogP contribution in [0.4, 0.5) is 0 Å². The Balaban J connectivity index is 0.000000205. The SMILES string of the molecule is CC1CCCO1.C[NH2+][C@@H](C)[C@@H](O)c1ccccc1.Cc1c(C)c2c(c(C)c1O)CC[C@](C)(C(=O)O)O2.Cc1c(C)c2c(c(C)c1O)CC[C@](C)(C(=O)[O-])O2. The van der Waals surface area contributed by atoms with Crippen LogP contribution >= 0.6 is 0 Å². The highest BCUT2D eigenvalue weighted by Crippen LogP contribution is 2.44. The van der Waals surface area contributed by atoms with Crippen molar-refractivity contribution in [2.75, 3.05) is 13.7 Å². The highest BCUT2D eigenvalue weighted by atomic mass is 16.5. The van der Waals surface area contributed by atoms with Crippen molar-refractivity contribution in [1.29, 1.82) is 0 Å². The van der Waals surface area contributed by atoms with E-state index in [1.54, 1.807) is 13.8 Å². The molecule has 0 spiro atoms. The molecule has 54 heavy (non-hydrogen) atoms. The first-order valence-electron chi connectivity index (χ1n) is 18.8. The summed E-state index contributed by atoms with van der Waals surface area (Å²) in [5.74, 6) is -0.382. The van der Waals surface area contributed by atoms with Gasteiger partial charge in [0.25, 0.3) is 0 Å². The van der Waals surface area contributed by atoms with Crippen LogP contribution in [0.25, 0.3) is 0 Å². The monoisotopic (exact) mass is 751 g/mol. The first kappa shape index (κ1) is 44.1. The number of hydrogen-bond acceptors (Lipinski definition) is 9. The molecule has 0 saturated carbocycles. The molecule has 11 heteroatoms. The molecule has 6 rings (SSSR count). The largest absolute Gasteiger partial charge is 0.546 e. The number of carboxylic acids is 2. The molecule has 3 aliphatic heterocycles. The Morgan fingerprint density at radius 2 is 1.28 bits per heavy atom. The van der Waals surface area contributed by atoms with E-state index in [0.29, 0.717) is 43.3 Å². The number of aliphatic hydroxyl groups excluding tert-OH is 1. The standard InChI is InChI=1S/2C14H18O4.C10H15NO.C5H10O/c2*1-7-8(2)12-10(9(3)11(7)15)5-6-14(4,18-12)13(16)17;1-8(11-2)10(12)9-6-4-3-5-7-9;1-5-3-2-4-6-5/h2*15H,5-6H2,1-4H3,(H,16,17);3-8,10-12H,1-2H3;5H,2-4H2,1H3/t2*14-;8-,10+;/m110./s1. The zero-order chi connectivity index (χ0) is 40.7. The molecule has 0 aromatic heterocycles. The van der Waals surface area contributed by atoms with Gasteiger partial charge in [0.2, 0.25) is 5.60 Å². The van der Waals surface area contributed by atoms with Gasteiger partial charge in [0.15, 0.2) is 0 Å². The molecule has 0 radical (unpaired) electrons. The molecule has 6 N–H and O–H groups in total. The summed E-state index contributed by atoms with van der Waals surface area (Å²) in [5, 5.41) is 52.2. The van der Waals surface area contributed by atoms with Gasteiger partial charge in [0, 0.05) is 24.2 Å². The number of phenolic OH excluding ortho intramolecular Hbond substituents is 2. The van der Waals surface area contributed by atoms with Crippen molar-refractivity contribution < 1.29 is 54.6 Å². The van der Waals surface area contributed by atoms with E-state index < -0.39 is 23.1 Å². The Kier molecular flexibility index (Phi) is 15.0. The van der Waals surface area contributed by atoms with E-state index in [0.717, 1.165) is 56.7 Å². The molecule has 1 unspecified atom stereocenters. The molecular weight excluding hydrogens is 690 g/mol. The molecule has 1 fully saturated rings. The fourth-order valence-corrected chi connectivity index (χ4v) is 6.66. The lowest BCUT2D eigenvalue weighted by Gasteiger charge is -2.38. The first-order valence-corrected chi connectivity index (χ1v) is 18.8. The third-order valence-corrected chi connectivity index (χ3v) is 11.2. The fourth-order valence-electron chi connectivity index (χ4n) is 6.66. The minimum Gasteiger partial charge on any atom is -0.546 e. The van der Waals surface area contributed by atoms with Crippen LogP contribution in [-0.4, -0.2) is 69.4 Å². The van der Waals surface area contributed by atoms with Gasteiger partial charge in [-0.1, -0.05) is 30.3 Å². The van der Waals surface area contributed by atoms with Crippen LogP contribution in [0.3, 0.4) is 0 Å². The van der Waals surface area contributed by atoms with E-state index in [1.807, 2.05) is 84.2 Å². The number of quaternary nitrogens is 1. The zero-order valence-corrected chi connectivity index (χ0v) is 33.9. The van der Waals surface area contributed by atoms with Crippen LogP contribution in [0.1, 0.15) is 110 Å². The van der Waals surface area contributed by atoms with Gasteiger partial charge in [0.05, 0.1) is 19.1 Å². The van der Waals surface area contributed by atoms with Gasteiger partial charge < -0.3 is 49.9 Å². The van der Waals surface area contributed by atoms with E-state index in [-0.39, 0.29) is 23.6 Å². The quantitative estimate of drug-likeness (QED) is 0.235. The summed E-state index contributed by atoms with van der Waals surface area (Å²) in [7, 11) is 1.97. The molecule has 3 aromatic carbocycles. The van der Waals surface area contributed by atoms with Crippen molar-refractivity contribution in [3.63, 3.8) is 0 Å². The van der Waals surface area contributed by atoms with E-state index in [2.05, 4.69) is 6.92 Å². The van der Waals surface area contributed by atoms with E-state index in [9.17, 15) is 35.1 Å². The van der Waals surface area contributed by atoms with Gasteiger partial charge in [-0.3, -0.25) is 0 Å². The first-order chi connectivity index (χ1) is 25.2. The second-order valence-electron chi connectivity index (χ2n) is 15.2. The van der Waals surface area contributed by atoms with Crippen LogP contribution in [0.15, 0.2) is 30.3 Å². The van der Waals surface area contributed by atoms with E-state index in [1.165, 1.54) is 19.8 Å². The second kappa shape index (κ2) is 18.3. The maximum Gasteiger partial charge on any atom is 0.347 e. The maximum atomic E-state index is 11.3. The van der Waals surface area contributed by atoms with Crippen molar-refractivity contribution in [2.24, 2.45) is 0 Å². The average molecular weight is 752 g/mol. The number of ether oxygens (including phenoxy) is 3. The number of hydrogen-bond donors (Lipinski definition) is 5. The lowest BCUT2D eigenvalue weighted by atomic mass is 9.87. The Hall–Kier alpha value is -4.32. The lowest BCUT2D eigenvalue weighted by Crippen LogP contribution is -2.86. The van der Waals surface area contributed by atoms with Crippen molar-refractivity contribution >= 4 is 11.9 Å². The summed E-state index contributed by atoms with van der Waals surface area (Å²) >= 11 is 0. The van der Waals surface area contributed by atoms with Crippen LogP contribution in [0.5, 0.6) is 23.0 Å². The number of rotatable bonds is 5. The molecule has 5 atom stereocenters. The number of aliphatic hydroxyl groups is 1. The Labute approximate surface area is 320 Å². The molecule has 0 amide bonds. The molecule has 0 bridgehead atoms. The lowest BCUT2D eigenvalue weighted by molar-refractivity contribution is -0.669. The topological polar surface area (TPSA) is 182 Å². The Morgan fingerprint density at radius 1 is 0.815 bits per heavy atom. The predicted molar refractivity (Wildman–Crippen MR) is 205 cm³/mol. The average Bonchev–Trinajstić information content (AvgIpc) is 3.65. The minimum atomic E-state index is -1.28. The summed E-state index contributed by atoms with van der Waals surface area (Å²) < 4.78 is 16.5. The Morgan fingerprint density at radius 3 is 1.65 bits per heavy atom. The molecule has 1 saturated heterocycles. The number of likely N-dealkylation sites (N-methyl/N-ethyl adjacent to an activating group) is 1. The number of fused-ring (bicyclic) bond motifs is 2. The fraction of sp³-hybridized carbons (Fsp3) is 0.535. The molecule has 298 valence electrons. The highest BCUT2D eigenvalue weighted by molar-refractivity contribution is 5.78. The minimum absolute atomic E-state index is 0.215. The van der Waals surface area contributed by atoms with Crippen LogP contribution in [0.2, 0.25) is 0 Å². The van der Waals surface area contributed by atoms with Gasteiger partial charge in [-0.25, -0.2) is 4.79 Å². The number of carbonyl (C=O) groups excluding carboxylic acids is 1. The molecule has 11 nitrogen and oxygen atoms in total. The predicted octanol–water partition coefficient (Wildman–Crippen LogP) is 5.12. The van der Waals surface area contributed by atoms with Gasteiger partial charge in [-0.15, -0.1) is 0 Å². The summed E-state index contributed by atoms with van der Waals surface area (Å²) in [4.78, 5) is 22.4. The normalized spacial score (nSPS) is 22.1. The van der Waals surface area contributed by atoms with Crippen LogP contribution in [-0.2, 0) is 27.2 Å². The number of carboxylic acid groups (broad SMARTS) is 2. The zero-order valence-electron chi connectivity index (χ0n) is 33.9. The third-order valence-electron chi connectivity index (χ3n) is 11.2. The summed E-state index contributed by atoms with van der Waals surface area (Å²) in [6, 6.07) is 9.96. The number of aromatic hydroxyl groups is 2. The van der Waals surface area contributed by atoms with Crippen molar-refractivity contribution in [3.05, 3.63) is 80.4 Å². The summed E-state index contributed by atoms with van der Waals surface area (Å²) in [5.41, 5.74) is 5.01. The van der Waals surface area contributed by atoms with Gasteiger partial charge in [-0.05, 0) is 140 Å². The molecule has 3 heterocycles. The number of phenols is 2. The van der Waals surface area contributed by atoms with Crippen molar-refractivity contribution in [1.82, 2.24) is 0 Å². The summed E-state index contributed by atoms with van der Waals surface area (Å²) in [6.07, 6.45) is 4.66. The van der Waals surface area contributed by atoms with Crippen LogP contribution < -0.4 is 19.9 Å². The summed E-state index contributed by atoms with van der Waals surface area (Å²) in [6.45, 7) is 19.2. The maximum absolute atomic E-state index is 11.3. The number of aliphatic carboxylic acids is 2. The van der Waals surface area contributed by atoms with E-state index >= 15 is 0 Å². The Bertz CT molecular complexity index is 1690. The molecule has 3 aliphatic rings. The van der Waals surface area contributed by atoms with Gasteiger partial charge in [-0.2, -0.15) is 0 Å². The number of nitrogens with two attached hydrogens (primary N) is 1. The van der Waals surface area contributed by atoms with Crippen LogP contribution in [0, 0.1) is 41.5 Å². The molecular formula is C43H61NO10. The second-order valence-corrected chi connectivity index (χ2v) is 15.2. The molecule has 0 aliphatic carbocycles. The van der Waals surface area contributed by atoms with Gasteiger partial charge >= 0.3 is 5.97 Å². The van der Waals surface area contributed by atoms with E-state index in [4.69, 9.17) is 14.2 Å². The molecule has 3 aromatic rings. The smallest absolute Gasteiger partial charge is 0.347 e. The highest BCUT2D eigenvalue weighted by Gasteiger charge is 2.41.